The van der Waals surface area contributed by atoms with Gasteiger partial charge in [-0.05, 0) is 119 Å². The molecule has 0 saturated heterocycles. The van der Waals surface area contributed by atoms with Crippen LogP contribution in [-0.4, -0.2) is 3.63 Å². The molecule has 0 fully saturated rings. The van der Waals surface area contributed by atoms with Crippen molar-refractivity contribution in [3.63, 3.8) is 0 Å². The Morgan fingerprint density at radius 2 is 1.04 bits per heavy atom. The third-order valence-corrected chi connectivity index (χ3v) is 14.8. The van der Waals surface area contributed by atoms with Crippen LogP contribution < -0.4 is 4.90 Å². The number of benzene rings is 9. The van der Waals surface area contributed by atoms with Crippen molar-refractivity contribution in [2.45, 2.75) is 19.3 Å². The lowest BCUT2D eigenvalue weighted by molar-refractivity contribution is 0.661. The van der Waals surface area contributed by atoms with E-state index in [0.717, 1.165) is 0 Å². The molecule has 0 bridgehead atoms. The molecule has 54 heavy (non-hydrogen) atoms. The Kier molecular flexibility index (Phi) is 7.09. The second-order valence-electron chi connectivity index (χ2n) is 15.1. The molecule has 2 heteroatoms. The fourth-order valence-corrected chi connectivity index (χ4v) is 12.2. The van der Waals surface area contributed by atoms with Crippen molar-refractivity contribution in [1.82, 2.24) is 0 Å². The standard InChI is InChI=1S/C52H36IN/c1-52(2)45-21-11-10-18-39(45)42-31-43-44(32-46(42)52)50(37-29-24-33-14-6-7-15-36(33)30-37)41-20-9-8-19-40(41)49(43)34-25-27-35(28-26-34)51-53-47-22-12-13-23-48(47)54(51)38-16-4-3-5-17-38/h3-32H,1-2H3. The van der Waals surface area contributed by atoms with Crippen LogP contribution in [0.3, 0.4) is 0 Å². The van der Waals surface area contributed by atoms with Crippen LogP contribution in [0.15, 0.2) is 182 Å². The Labute approximate surface area is 325 Å². The normalized spacial score (nSPS) is 14.1. The van der Waals surface area contributed by atoms with Gasteiger partial charge in [-0.3, -0.25) is 0 Å². The number of hydrogen-bond acceptors (Lipinski definition) is 1. The lowest BCUT2D eigenvalue weighted by Crippen LogP contribution is -2.22. The number of rotatable bonds is 4. The zero-order chi connectivity index (χ0) is 36.0. The van der Waals surface area contributed by atoms with E-state index in [1.165, 1.54) is 101 Å². The second kappa shape index (κ2) is 12.1. The van der Waals surface area contributed by atoms with Gasteiger partial charge in [0.1, 0.15) is 0 Å². The molecule has 0 saturated carbocycles. The van der Waals surface area contributed by atoms with Crippen LogP contribution in [0, 0.1) is 3.57 Å². The van der Waals surface area contributed by atoms with Crippen LogP contribution in [0.4, 0.5) is 11.4 Å². The minimum atomic E-state index is -0.350. The molecule has 256 valence electrons. The average Bonchev–Trinajstić information content (AvgIpc) is 3.72. The number of anilines is 2. The molecule has 1 aliphatic carbocycles. The van der Waals surface area contributed by atoms with Crippen molar-refractivity contribution >= 4 is 68.1 Å². The van der Waals surface area contributed by atoms with Gasteiger partial charge in [-0.15, -0.1) is 0 Å². The highest BCUT2D eigenvalue weighted by molar-refractivity contribution is 14.2. The monoisotopic (exact) mass is 801 g/mol. The molecule has 0 spiro atoms. The van der Waals surface area contributed by atoms with Crippen molar-refractivity contribution in [3.8, 4) is 33.4 Å². The number of hydrogen-bond donors (Lipinski definition) is 0. The van der Waals surface area contributed by atoms with E-state index in [2.05, 4.69) is 201 Å². The molecule has 0 amide bonds. The first-order chi connectivity index (χ1) is 26.5. The van der Waals surface area contributed by atoms with Crippen LogP contribution in [0.1, 0.15) is 30.5 Å². The quantitative estimate of drug-likeness (QED) is 0.127. The van der Waals surface area contributed by atoms with Gasteiger partial charge >= 0.3 is 0 Å². The third-order valence-electron chi connectivity index (χ3n) is 11.7. The van der Waals surface area contributed by atoms with E-state index in [-0.39, 0.29) is 26.1 Å². The predicted molar refractivity (Wildman–Crippen MR) is 239 cm³/mol. The maximum absolute atomic E-state index is 2.53. The summed E-state index contributed by atoms with van der Waals surface area (Å²) in [6.07, 6.45) is 0. The Morgan fingerprint density at radius 1 is 0.426 bits per heavy atom. The van der Waals surface area contributed by atoms with Crippen molar-refractivity contribution < 1.29 is 0 Å². The molecule has 1 nitrogen and oxygen atoms in total. The summed E-state index contributed by atoms with van der Waals surface area (Å²) >= 11 is -0.350. The van der Waals surface area contributed by atoms with E-state index in [1.54, 1.807) is 0 Å². The minimum absolute atomic E-state index is 0.0992. The summed E-state index contributed by atoms with van der Waals surface area (Å²) in [5.74, 6) is 0. The van der Waals surface area contributed by atoms with Gasteiger partial charge in [-0.25, -0.2) is 0 Å². The van der Waals surface area contributed by atoms with Gasteiger partial charge in [0, 0.05) is 20.2 Å². The molecule has 0 N–H and O–H groups in total. The first-order valence-corrected chi connectivity index (χ1v) is 20.9. The minimum Gasteiger partial charge on any atom is -0.304 e. The summed E-state index contributed by atoms with van der Waals surface area (Å²) in [5, 5.41) is 7.71. The van der Waals surface area contributed by atoms with Gasteiger partial charge in [0.2, 0.25) is 0 Å². The number of nitrogens with zero attached hydrogens (tertiary/aromatic N) is 1. The lowest BCUT2D eigenvalue weighted by atomic mass is 9.79. The highest BCUT2D eigenvalue weighted by Gasteiger charge is 2.36. The summed E-state index contributed by atoms with van der Waals surface area (Å²) in [6.45, 7) is 4.78. The van der Waals surface area contributed by atoms with E-state index in [9.17, 15) is 0 Å². The van der Waals surface area contributed by atoms with Gasteiger partial charge in [-0.1, -0.05) is 174 Å². The van der Waals surface area contributed by atoms with Crippen LogP contribution in [-0.2, 0) is 5.41 Å². The van der Waals surface area contributed by atoms with Crippen LogP contribution in [0.25, 0.3) is 65.7 Å². The van der Waals surface area contributed by atoms with E-state index in [1.807, 2.05) is 0 Å². The van der Waals surface area contributed by atoms with Gasteiger partial charge in [0.25, 0.3) is 0 Å². The van der Waals surface area contributed by atoms with Gasteiger partial charge in [0.15, 0.2) is 0 Å². The largest absolute Gasteiger partial charge is 0.304 e. The Bertz CT molecular complexity index is 3010. The third kappa shape index (κ3) is 4.72. The molecular formula is C52H36IN. The van der Waals surface area contributed by atoms with Gasteiger partial charge < -0.3 is 4.90 Å². The zero-order valence-corrected chi connectivity index (χ0v) is 32.3. The number of para-hydroxylation sites is 2. The van der Waals surface area contributed by atoms with Crippen LogP contribution in [0.5, 0.6) is 0 Å². The van der Waals surface area contributed by atoms with E-state index < -0.39 is 0 Å². The maximum atomic E-state index is 2.53. The molecule has 1 aliphatic heterocycles. The molecule has 0 aromatic heterocycles. The van der Waals surface area contributed by atoms with E-state index >= 15 is 0 Å². The van der Waals surface area contributed by atoms with Gasteiger partial charge in [0.05, 0.1) is 9.32 Å². The fraction of sp³-hybridized carbons (Fsp3) is 0.0577. The van der Waals surface area contributed by atoms with Crippen molar-refractivity contribution in [3.05, 3.63) is 202 Å². The fourth-order valence-electron chi connectivity index (χ4n) is 9.08. The maximum Gasteiger partial charge on any atom is 0.0872 e. The molecular weight excluding hydrogens is 765 g/mol. The molecule has 9 aromatic carbocycles. The first kappa shape index (κ1) is 31.7. The van der Waals surface area contributed by atoms with Crippen LogP contribution >= 0.6 is 20.7 Å². The summed E-state index contributed by atoms with van der Waals surface area (Å²) in [5.41, 5.74) is 14.3. The molecule has 9 aromatic rings. The van der Waals surface area contributed by atoms with Gasteiger partial charge in [-0.2, -0.15) is 0 Å². The van der Waals surface area contributed by atoms with Crippen molar-refractivity contribution in [2.24, 2.45) is 0 Å². The zero-order valence-electron chi connectivity index (χ0n) is 30.1. The molecule has 0 radical (unpaired) electrons. The highest BCUT2D eigenvalue weighted by atomic mass is 127. The SMILES string of the molecule is CC1(C)c2ccccc2-c2cc3c(-c4ccc(C5=Ic6ccccc6N5c5ccccc5)cc4)c4ccccc4c(-c4ccc5ccccc5c4)c3cc21. The van der Waals surface area contributed by atoms with Crippen molar-refractivity contribution in [1.29, 1.82) is 0 Å². The average molecular weight is 802 g/mol. The lowest BCUT2D eigenvalue weighted by Gasteiger charge is -2.24. The van der Waals surface area contributed by atoms with E-state index in [0.29, 0.717) is 0 Å². The van der Waals surface area contributed by atoms with E-state index in [4.69, 9.17) is 0 Å². The smallest absolute Gasteiger partial charge is 0.0872 e. The molecule has 0 unspecified atom stereocenters. The Morgan fingerprint density at radius 3 is 1.85 bits per heavy atom. The molecule has 1 heterocycles. The summed E-state index contributed by atoms with van der Waals surface area (Å²) in [7, 11) is 0. The summed E-state index contributed by atoms with van der Waals surface area (Å²) in [4.78, 5) is 2.49. The van der Waals surface area contributed by atoms with Crippen LogP contribution in [0.2, 0.25) is 0 Å². The number of fused-ring (bicyclic) bond motifs is 7. The molecule has 0 atom stereocenters. The topological polar surface area (TPSA) is 3.24 Å². The number of halogens is 1. The first-order valence-electron chi connectivity index (χ1n) is 18.7. The summed E-state index contributed by atoms with van der Waals surface area (Å²) < 4.78 is 2.89. The highest BCUT2D eigenvalue weighted by Crippen LogP contribution is 2.53. The summed E-state index contributed by atoms with van der Waals surface area (Å²) in [6, 6.07) is 68.1. The van der Waals surface area contributed by atoms with Crippen molar-refractivity contribution in [2.75, 3.05) is 4.90 Å². The second-order valence-corrected chi connectivity index (χ2v) is 17.8. The predicted octanol–water partition coefficient (Wildman–Crippen LogP) is 14.3. The molecule has 2 aliphatic rings. The Hall–Kier alpha value is -5.84. The molecule has 11 rings (SSSR count). The Balaban J connectivity index is 1.16.